The molecular weight excluding hydrogens is 905 g/mol. The summed E-state index contributed by atoms with van der Waals surface area (Å²) in [5.74, 6) is 2.75. The van der Waals surface area contributed by atoms with E-state index in [-0.39, 0.29) is 30.2 Å². The highest BCUT2D eigenvalue weighted by Gasteiger charge is 2.47. The van der Waals surface area contributed by atoms with E-state index in [0.29, 0.717) is 90.7 Å². The Morgan fingerprint density at radius 1 is 0.614 bits per heavy atom. The summed E-state index contributed by atoms with van der Waals surface area (Å²) in [5.41, 5.74) is 4.10. The van der Waals surface area contributed by atoms with Gasteiger partial charge in [-0.3, -0.25) is 9.13 Å². The molecule has 3 fully saturated rings. The molecule has 0 amide bonds. The Labute approximate surface area is 399 Å². The number of nitrogens with zero attached hydrogens (tertiary/aromatic N) is 20. The van der Waals surface area contributed by atoms with Gasteiger partial charge in [0, 0.05) is 64.5 Å². The number of nitrogens with one attached hydrogen (secondary N) is 4. The molecule has 10 heterocycles. The number of aromatic nitrogens is 20. The Morgan fingerprint density at radius 3 is 1.70 bits per heavy atom. The third-order valence-electron chi connectivity index (χ3n) is 13.0. The molecule has 0 aromatic carbocycles. The van der Waals surface area contributed by atoms with E-state index < -0.39 is 24.5 Å². The van der Waals surface area contributed by atoms with Crippen molar-refractivity contribution < 1.29 is 19.7 Å². The fourth-order valence-electron chi connectivity index (χ4n) is 9.29. The number of tetrazole rings is 2. The van der Waals surface area contributed by atoms with Crippen LogP contribution in [0.15, 0.2) is 37.7 Å². The van der Waals surface area contributed by atoms with Crippen LogP contribution in [0, 0.1) is 0 Å². The van der Waals surface area contributed by atoms with Crippen molar-refractivity contribution in [3.05, 3.63) is 60.7 Å². The Balaban J connectivity index is 0.809. The number of aryl methyl sites for hydroxylation is 4. The van der Waals surface area contributed by atoms with Crippen molar-refractivity contribution in [2.45, 2.75) is 127 Å². The van der Waals surface area contributed by atoms with Crippen molar-refractivity contribution in [2.24, 2.45) is 14.1 Å². The first-order valence-corrected chi connectivity index (χ1v) is 23.8. The number of anilines is 4. The molecule has 0 radical (unpaired) electrons. The van der Waals surface area contributed by atoms with E-state index in [2.05, 4.69) is 62.1 Å². The molecule has 3 aliphatic rings. The maximum absolute atomic E-state index is 11.3. The maximum atomic E-state index is 11.3. The molecule has 70 heavy (non-hydrogen) atoms. The van der Waals surface area contributed by atoms with E-state index >= 15 is 0 Å². The van der Waals surface area contributed by atoms with Crippen molar-refractivity contribution in [1.82, 2.24) is 98.6 Å². The first kappa shape index (κ1) is 45.2. The quantitative estimate of drug-likeness (QED) is 0.0712. The van der Waals surface area contributed by atoms with Gasteiger partial charge >= 0.3 is 0 Å². The number of hydrogen-bond acceptors (Lipinski definition) is 22. The first-order chi connectivity index (χ1) is 34.2. The molecule has 11 rings (SSSR count). The minimum absolute atomic E-state index is 0.0452. The monoisotopic (exact) mass is 960 g/mol. The summed E-state index contributed by atoms with van der Waals surface area (Å²) in [5, 5.41) is 61.9. The minimum atomic E-state index is -1.34. The molecule has 2 saturated heterocycles. The van der Waals surface area contributed by atoms with Gasteiger partial charge in [0.25, 0.3) is 0 Å². The van der Waals surface area contributed by atoms with E-state index in [9.17, 15) is 10.2 Å². The number of aliphatic hydroxyl groups excluding tert-OH is 2. The SMILES string of the molecule is CCn1nnc([C@@H]2CC[C@H](n3cnc4c(N[C@H]5CC[C@H](Nc6nc(NCCc7cn(C)cn7)nc7c6ncn7[C@@H]6O[C@H](c7nnn(CC)n7)[C@@H](O)[C@H]6O)CC5)nc(NCCc5cn(C)cn5)nc43)O2)n1. The van der Waals surface area contributed by atoms with Gasteiger partial charge in [-0.25, -0.2) is 19.9 Å². The predicted octanol–water partition coefficient (Wildman–Crippen LogP) is 1.63. The lowest BCUT2D eigenvalue weighted by Gasteiger charge is -2.30. The predicted molar refractivity (Wildman–Crippen MR) is 249 cm³/mol. The van der Waals surface area contributed by atoms with Gasteiger partial charge in [0.05, 0.1) is 49.8 Å². The summed E-state index contributed by atoms with van der Waals surface area (Å²) in [6, 6.07) is 0.132. The van der Waals surface area contributed by atoms with Gasteiger partial charge in [0.1, 0.15) is 24.5 Å². The zero-order chi connectivity index (χ0) is 47.9. The highest BCUT2D eigenvalue weighted by atomic mass is 16.6. The largest absolute Gasteiger partial charge is 0.387 e. The second-order valence-electron chi connectivity index (χ2n) is 17.9. The molecule has 0 unspecified atom stereocenters. The third kappa shape index (κ3) is 9.16. The van der Waals surface area contributed by atoms with Crippen LogP contribution in [-0.2, 0) is 49.5 Å². The highest BCUT2D eigenvalue weighted by Crippen LogP contribution is 2.41. The molecule has 0 bridgehead atoms. The van der Waals surface area contributed by atoms with E-state index in [1.807, 2.05) is 54.0 Å². The van der Waals surface area contributed by atoms with Crippen LogP contribution >= 0.6 is 0 Å². The molecule has 6 atom stereocenters. The number of rotatable bonds is 18. The van der Waals surface area contributed by atoms with Gasteiger partial charge in [-0.2, -0.15) is 29.5 Å². The average Bonchev–Trinajstić information content (AvgIpc) is 4.22. The van der Waals surface area contributed by atoms with E-state index in [0.717, 1.165) is 49.9 Å². The van der Waals surface area contributed by atoms with Crippen molar-refractivity contribution >= 4 is 45.9 Å². The molecule has 8 aromatic heterocycles. The Hall–Kier alpha value is -7.30. The van der Waals surface area contributed by atoms with Crippen LogP contribution in [0.3, 0.4) is 0 Å². The van der Waals surface area contributed by atoms with Gasteiger partial charge < -0.3 is 50.1 Å². The molecule has 1 aliphatic carbocycles. The number of aliphatic hydroxyl groups is 2. The number of fused-ring (bicyclic) bond motifs is 2. The van der Waals surface area contributed by atoms with Gasteiger partial charge in [-0.1, -0.05) is 0 Å². The van der Waals surface area contributed by atoms with Crippen LogP contribution in [0.4, 0.5) is 23.5 Å². The standard InChI is InChI=1S/C42H56N24O4/c1-5-65-57-34(55-59-65)27-11-12-28(69-27)63-21-47-29-35(51-41(53-38(29)63)43-15-13-25-17-61(3)19-45-25)49-23-7-9-24(10-8-23)50-36-30-39(54-42(52-36)44-16-14-26-18-62(4)20-46-26)64(22-48-30)40-32(68)31(67)33(70-40)37-56-60-66(6-2)58-37/h17-24,27-28,31-33,40,67-68H,5-16H2,1-4H3,(H2,43,49,51,53)(H2,44,50,52,54)/t23-,24-,27-,28+,31-,32+,33-,40+/m0/s1. The van der Waals surface area contributed by atoms with Crippen molar-refractivity contribution in [3.8, 4) is 0 Å². The van der Waals surface area contributed by atoms with Crippen LogP contribution in [-0.4, -0.2) is 146 Å². The van der Waals surface area contributed by atoms with Gasteiger partial charge in [-0.05, 0) is 62.8 Å². The lowest BCUT2D eigenvalue weighted by molar-refractivity contribution is -0.0384. The summed E-state index contributed by atoms with van der Waals surface area (Å²) in [6.45, 7) is 6.06. The summed E-state index contributed by atoms with van der Waals surface area (Å²) in [6.07, 6.45) is 11.6. The average molecular weight is 961 g/mol. The summed E-state index contributed by atoms with van der Waals surface area (Å²) < 4.78 is 20.1. The third-order valence-corrected chi connectivity index (χ3v) is 13.0. The molecule has 1 saturated carbocycles. The lowest BCUT2D eigenvalue weighted by atomic mass is 9.91. The van der Waals surface area contributed by atoms with Crippen molar-refractivity contribution in [1.29, 1.82) is 0 Å². The van der Waals surface area contributed by atoms with E-state index in [4.69, 9.17) is 39.4 Å². The van der Waals surface area contributed by atoms with Crippen LogP contribution < -0.4 is 21.3 Å². The topological polar surface area (TPSA) is 317 Å². The van der Waals surface area contributed by atoms with Crippen molar-refractivity contribution in [3.63, 3.8) is 0 Å². The Morgan fingerprint density at radius 2 is 1.16 bits per heavy atom. The molecule has 2 aliphatic heterocycles. The van der Waals surface area contributed by atoms with Crippen LogP contribution in [0.2, 0.25) is 0 Å². The first-order valence-electron chi connectivity index (χ1n) is 23.8. The van der Waals surface area contributed by atoms with Crippen LogP contribution in [0.5, 0.6) is 0 Å². The van der Waals surface area contributed by atoms with E-state index in [1.54, 1.807) is 34.7 Å². The molecule has 8 aromatic rings. The van der Waals surface area contributed by atoms with E-state index in [1.165, 1.54) is 4.80 Å². The van der Waals surface area contributed by atoms with Crippen molar-refractivity contribution in [2.75, 3.05) is 34.4 Å². The maximum Gasteiger partial charge on any atom is 0.226 e. The smallest absolute Gasteiger partial charge is 0.226 e. The van der Waals surface area contributed by atoms with Gasteiger partial charge in [0.15, 0.2) is 46.3 Å². The molecule has 0 spiro atoms. The Kier molecular flexibility index (Phi) is 12.4. The summed E-state index contributed by atoms with van der Waals surface area (Å²) >= 11 is 0. The molecule has 28 nitrogen and oxygen atoms in total. The number of hydrogen-bond donors (Lipinski definition) is 6. The second-order valence-corrected chi connectivity index (χ2v) is 17.9. The Bertz CT molecular complexity index is 3060. The van der Waals surface area contributed by atoms with Crippen LogP contribution in [0.25, 0.3) is 22.3 Å². The molecule has 368 valence electrons. The second kappa shape index (κ2) is 19.2. The number of imidazole rings is 4. The van der Waals surface area contributed by atoms with Gasteiger partial charge in [0.2, 0.25) is 23.5 Å². The summed E-state index contributed by atoms with van der Waals surface area (Å²) in [7, 11) is 3.89. The molecular formula is C42H56N24O4. The zero-order valence-electron chi connectivity index (χ0n) is 39.2. The number of ether oxygens (including phenoxy) is 2. The lowest BCUT2D eigenvalue weighted by Crippen LogP contribution is -2.33. The fraction of sp³-hybridized carbons (Fsp3) is 0.571. The normalized spacial score (nSPS) is 23.7. The summed E-state index contributed by atoms with van der Waals surface area (Å²) in [4.78, 5) is 41.2. The van der Waals surface area contributed by atoms with Crippen LogP contribution in [0.1, 0.15) is 100 Å². The minimum Gasteiger partial charge on any atom is -0.387 e. The highest BCUT2D eigenvalue weighted by molar-refractivity contribution is 5.85. The van der Waals surface area contributed by atoms with Gasteiger partial charge in [-0.15, -0.1) is 20.4 Å². The molecule has 28 heteroatoms. The molecule has 6 N–H and O–H groups in total. The zero-order valence-corrected chi connectivity index (χ0v) is 39.2. The fourth-order valence-corrected chi connectivity index (χ4v) is 9.29.